The number of aromatic amines is 1. The summed E-state index contributed by atoms with van der Waals surface area (Å²) in [6.07, 6.45) is 0. The van der Waals surface area contributed by atoms with E-state index in [-0.39, 0.29) is 0 Å². The van der Waals surface area contributed by atoms with E-state index < -0.39 is 0 Å². The molecule has 1 N–H and O–H groups in total. The van der Waals surface area contributed by atoms with Crippen LogP contribution in [0.5, 0.6) is 0 Å². The number of H-pyrrole nitrogens is 1. The van der Waals surface area contributed by atoms with Crippen molar-refractivity contribution in [2.24, 2.45) is 4.99 Å². The van der Waals surface area contributed by atoms with Gasteiger partial charge >= 0.3 is 0 Å². The molecule has 0 spiro atoms. The van der Waals surface area contributed by atoms with E-state index in [2.05, 4.69) is 15.2 Å². The summed E-state index contributed by atoms with van der Waals surface area (Å²) in [7, 11) is 7.98. The zero-order valence-electron chi connectivity index (χ0n) is 11.0. The van der Waals surface area contributed by atoms with Gasteiger partial charge in [-0.3, -0.25) is 5.10 Å². The second kappa shape index (κ2) is 5.01. The van der Waals surface area contributed by atoms with Gasteiger partial charge in [-0.15, -0.1) is 0 Å². The lowest BCUT2D eigenvalue weighted by Gasteiger charge is -2.22. The van der Waals surface area contributed by atoms with E-state index in [9.17, 15) is 0 Å². The molecule has 0 aliphatic carbocycles. The average molecular weight is 223 g/mol. The second-order valence-electron chi connectivity index (χ2n) is 4.32. The summed E-state index contributed by atoms with van der Waals surface area (Å²) in [6, 6.07) is 0. The molecule has 0 aliphatic heterocycles. The summed E-state index contributed by atoms with van der Waals surface area (Å²) in [5, 5.41) is 7.13. The van der Waals surface area contributed by atoms with Gasteiger partial charge in [0.25, 0.3) is 0 Å². The number of aromatic nitrogens is 2. The smallest absolute Gasteiger partial charge is 0.195 e. The molecule has 16 heavy (non-hydrogen) atoms. The van der Waals surface area contributed by atoms with Crippen molar-refractivity contribution in [3.8, 4) is 0 Å². The van der Waals surface area contributed by atoms with Gasteiger partial charge in [0.05, 0.1) is 12.2 Å². The molecule has 5 heteroatoms. The number of nitrogens with one attached hydrogen (secondary N) is 1. The zero-order chi connectivity index (χ0) is 12.3. The maximum absolute atomic E-state index is 4.60. The van der Waals surface area contributed by atoms with Gasteiger partial charge in [0.2, 0.25) is 0 Å². The molecule has 0 aliphatic rings. The monoisotopic (exact) mass is 223 g/mol. The molecule has 0 bridgehead atoms. The van der Waals surface area contributed by atoms with Crippen molar-refractivity contribution in [3.63, 3.8) is 0 Å². The van der Waals surface area contributed by atoms with Crippen LogP contribution in [0.2, 0.25) is 0 Å². The number of nitrogens with zero attached hydrogens (tertiary/aromatic N) is 4. The molecule has 0 aromatic carbocycles. The maximum Gasteiger partial charge on any atom is 0.195 e. The van der Waals surface area contributed by atoms with Gasteiger partial charge < -0.3 is 9.80 Å². The lowest BCUT2D eigenvalue weighted by molar-refractivity contribution is 0.479. The van der Waals surface area contributed by atoms with Crippen molar-refractivity contribution in [2.45, 2.75) is 20.4 Å². The SMILES string of the molecule is Cc1n[nH]c(C)c1CN=C(N(C)C)N(C)C. The molecular weight excluding hydrogens is 202 g/mol. The highest BCUT2D eigenvalue weighted by Crippen LogP contribution is 2.10. The Hall–Kier alpha value is -1.52. The predicted molar refractivity (Wildman–Crippen MR) is 66.6 cm³/mol. The number of hydrogen-bond donors (Lipinski definition) is 1. The number of aliphatic imine (C=N–C) groups is 1. The van der Waals surface area contributed by atoms with Crippen LogP contribution in [0.25, 0.3) is 0 Å². The minimum absolute atomic E-state index is 0.667. The van der Waals surface area contributed by atoms with Gasteiger partial charge in [0.15, 0.2) is 5.96 Å². The van der Waals surface area contributed by atoms with Crippen LogP contribution in [0.3, 0.4) is 0 Å². The first kappa shape index (κ1) is 12.5. The third kappa shape index (κ3) is 2.74. The number of guanidine groups is 1. The standard InChI is InChI=1S/C11H21N5/c1-8-10(9(2)14-13-8)7-12-11(15(3)4)16(5)6/h7H2,1-6H3,(H,13,14). The third-order valence-electron chi connectivity index (χ3n) is 2.46. The molecule has 0 amide bonds. The number of hydrogen-bond acceptors (Lipinski definition) is 2. The molecule has 0 radical (unpaired) electrons. The van der Waals surface area contributed by atoms with Gasteiger partial charge in [0, 0.05) is 39.4 Å². The van der Waals surface area contributed by atoms with Crippen LogP contribution in [-0.4, -0.2) is 54.1 Å². The van der Waals surface area contributed by atoms with Gasteiger partial charge in [0.1, 0.15) is 0 Å². The third-order valence-corrected chi connectivity index (χ3v) is 2.46. The molecule has 0 unspecified atom stereocenters. The normalized spacial score (nSPS) is 10.1. The van der Waals surface area contributed by atoms with Crippen molar-refractivity contribution < 1.29 is 0 Å². The molecule has 1 heterocycles. The highest BCUT2D eigenvalue weighted by molar-refractivity contribution is 5.79. The van der Waals surface area contributed by atoms with Crippen molar-refractivity contribution in [3.05, 3.63) is 17.0 Å². The Morgan fingerprint density at radius 1 is 1.19 bits per heavy atom. The summed E-state index contributed by atoms with van der Waals surface area (Å²) in [5.41, 5.74) is 3.30. The minimum Gasteiger partial charge on any atom is -0.349 e. The first-order valence-corrected chi connectivity index (χ1v) is 5.33. The van der Waals surface area contributed by atoms with E-state index in [1.807, 2.05) is 51.8 Å². The molecule has 0 atom stereocenters. The van der Waals surface area contributed by atoms with Crippen molar-refractivity contribution in [2.75, 3.05) is 28.2 Å². The molecule has 90 valence electrons. The second-order valence-corrected chi connectivity index (χ2v) is 4.32. The van der Waals surface area contributed by atoms with E-state index in [0.29, 0.717) is 6.54 Å². The zero-order valence-corrected chi connectivity index (χ0v) is 11.0. The van der Waals surface area contributed by atoms with Gasteiger partial charge in [-0.2, -0.15) is 5.10 Å². The van der Waals surface area contributed by atoms with Crippen LogP contribution in [0.4, 0.5) is 0 Å². The van der Waals surface area contributed by atoms with E-state index in [4.69, 9.17) is 0 Å². The first-order chi connectivity index (χ1) is 7.43. The Balaban J connectivity index is 2.85. The highest BCUT2D eigenvalue weighted by Gasteiger charge is 2.08. The number of aryl methyl sites for hydroxylation is 2. The predicted octanol–water partition coefficient (Wildman–Crippen LogP) is 1.01. The fourth-order valence-corrected chi connectivity index (χ4v) is 1.64. The van der Waals surface area contributed by atoms with E-state index in [1.165, 1.54) is 5.56 Å². The van der Waals surface area contributed by atoms with Gasteiger partial charge in [-0.05, 0) is 13.8 Å². The Kier molecular flexibility index (Phi) is 3.93. The molecule has 0 saturated carbocycles. The molecule has 5 nitrogen and oxygen atoms in total. The Morgan fingerprint density at radius 2 is 1.75 bits per heavy atom. The highest BCUT2D eigenvalue weighted by atomic mass is 15.3. The van der Waals surface area contributed by atoms with Crippen LogP contribution >= 0.6 is 0 Å². The Labute approximate surface area is 97.2 Å². The first-order valence-electron chi connectivity index (χ1n) is 5.33. The number of rotatable bonds is 2. The van der Waals surface area contributed by atoms with Gasteiger partial charge in [-0.1, -0.05) is 0 Å². The quantitative estimate of drug-likeness (QED) is 0.601. The lowest BCUT2D eigenvalue weighted by atomic mass is 10.2. The van der Waals surface area contributed by atoms with Crippen LogP contribution in [0, 0.1) is 13.8 Å². The van der Waals surface area contributed by atoms with Crippen molar-refractivity contribution in [1.29, 1.82) is 0 Å². The summed E-state index contributed by atoms with van der Waals surface area (Å²) in [5.74, 6) is 0.958. The Morgan fingerprint density at radius 3 is 2.12 bits per heavy atom. The van der Waals surface area contributed by atoms with E-state index >= 15 is 0 Å². The fourth-order valence-electron chi connectivity index (χ4n) is 1.64. The minimum atomic E-state index is 0.667. The van der Waals surface area contributed by atoms with Crippen molar-refractivity contribution >= 4 is 5.96 Å². The van der Waals surface area contributed by atoms with Crippen molar-refractivity contribution in [1.82, 2.24) is 20.0 Å². The van der Waals surface area contributed by atoms with Crippen LogP contribution in [0.15, 0.2) is 4.99 Å². The van der Waals surface area contributed by atoms with Crippen LogP contribution < -0.4 is 0 Å². The molecule has 0 fully saturated rings. The van der Waals surface area contributed by atoms with Gasteiger partial charge in [-0.25, -0.2) is 4.99 Å². The van der Waals surface area contributed by atoms with E-state index in [0.717, 1.165) is 17.3 Å². The van der Waals surface area contributed by atoms with E-state index in [1.54, 1.807) is 0 Å². The summed E-state index contributed by atoms with van der Waals surface area (Å²) < 4.78 is 0. The molecule has 1 aromatic rings. The molecule has 0 saturated heterocycles. The van der Waals surface area contributed by atoms with Crippen LogP contribution in [-0.2, 0) is 6.54 Å². The molecule has 1 rings (SSSR count). The summed E-state index contributed by atoms with van der Waals surface area (Å²) in [4.78, 5) is 8.60. The molecule has 1 aromatic heterocycles. The Bertz CT molecular complexity index is 346. The largest absolute Gasteiger partial charge is 0.349 e. The summed E-state index contributed by atoms with van der Waals surface area (Å²) in [6.45, 7) is 4.69. The fraction of sp³-hybridized carbons (Fsp3) is 0.636. The molecular formula is C11H21N5. The van der Waals surface area contributed by atoms with Crippen LogP contribution in [0.1, 0.15) is 17.0 Å². The lowest BCUT2D eigenvalue weighted by Crippen LogP contribution is -2.35. The average Bonchev–Trinajstić information content (AvgIpc) is 2.47. The summed E-state index contributed by atoms with van der Waals surface area (Å²) >= 11 is 0. The maximum atomic E-state index is 4.60. The topological polar surface area (TPSA) is 47.5 Å².